The summed E-state index contributed by atoms with van der Waals surface area (Å²) in [6.45, 7) is 9.55. The summed E-state index contributed by atoms with van der Waals surface area (Å²) < 4.78 is 18.0. The van der Waals surface area contributed by atoms with E-state index in [0.717, 1.165) is 37.2 Å². The summed E-state index contributed by atoms with van der Waals surface area (Å²) in [4.78, 5) is 20.3. The van der Waals surface area contributed by atoms with Crippen molar-refractivity contribution >= 4 is 16.9 Å². The van der Waals surface area contributed by atoms with Crippen molar-refractivity contribution in [1.29, 1.82) is 0 Å². The Hall–Kier alpha value is -3.91. The minimum atomic E-state index is -0.693. The van der Waals surface area contributed by atoms with E-state index in [-0.39, 0.29) is 12.0 Å². The van der Waals surface area contributed by atoms with Crippen LogP contribution in [0.3, 0.4) is 0 Å². The highest BCUT2D eigenvalue weighted by Crippen LogP contribution is 2.33. The molecule has 1 aliphatic rings. The summed E-state index contributed by atoms with van der Waals surface area (Å²) >= 11 is 0. The Labute approximate surface area is 267 Å². The molecule has 5 rings (SSSR count). The van der Waals surface area contributed by atoms with Crippen LogP contribution >= 0.6 is 0 Å². The Balaban J connectivity index is 1.18. The predicted molar refractivity (Wildman–Crippen MR) is 178 cm³/mol. The summed E-state index contributed by atoms with van der Waals surface area (Å²) in [5.74, 6) is 1.01. The van der Waals surface area contributed by atoms with Gasteiger partial charge in [0.15, 0.2) is 0 Å². The van der Waals surface area contributed by atoms with Crippen molar-refractivity contribution in [2.24, 2.45) is 0 Å². The lowest BCUT2D eigenvalue weighted by Crippen LogP contribution is -2.45. The van der Waals surface area contributed by atoms with E-state index >= 15 is 0 Å². The number of carbonyl (C=O) groups excluding carboxylic acids is 1. The fraction of sp³-hybridized carbons (Fsp3) is 0.395. The summed E-state index contributed by atoms with van der Waals surface area (Å²) in [5.41, 5.74) is 2.99. The number of hydrogen-bond acceptors (Lipinski definition) is 7. The molecule has 2 atom stereocenters. The van der Waals surface area contributed by atoms with Crippen molar-refractivity contribution in [2.45, 2.75) is 64.4 Å². The topological polar surface area (TPSA) is 60.5 Å². The smallest absolute Gasteiger partial charge is 0.494 e. The number of fused-ring (bicyclic) bond motifs is 1. The Kier molecular flexibility index (Phi) is 11.1. The Morgan fingerprint density at radius 1 is 0.889 bits per heavy atom. The maximum atomic E-state index is 12.4. The van der Waals surface area contributed by atoms with E-state index in [4.69, 9.17) is 19.0 Å². The minimum absolute atomic E-state index is 0.143. The number of ether oxygens (including phenoxy) is 3. The SMILES string of the molecule is CN(CCCOc1ccc(C2CCN(OC(=O)OC(C)(C)C)CC2OCc2ccc3ccccc3c2)cc1)Cc1ccccc1. The quantitative estimate of drug-likeness (QED) is 0.119. The largest absolute Gasteiger partial charge is 0.528 e. The van der Waals surface area contributed by atoms with Crippen molar-refractivity contribution in [3.05, 3.63) is 114 Å². The lowest BCUT2D eigenvalue weighted by molar-refractivity contribution is -0.179. The molecule has 4 aromatic carbocycles. The first-order chi connectivity index (χ1) is 21.7. The van der Waals surface area contributed by atoms with Crippen LogP contribution in [0.25, 0.3) is 10.8 Å². The Bertz CT molecular complexity index is 1500. The van der Waals surface area contributed by atoms with Crippen molar-refractivity contribution in [3.8, 4) is 5.75 Å². The van der Waals surface area contributed by atoms with E-state index in [1.54, 1.807) is 5.06 Å². The van der Waals surface area contributed by atoms with Gasteiger partial charge in [0.2, 0.25) is 0 Å². The van der Waals surface area contributed by atoms with Crippen molar-refractivity contribution in [2.75, 3.05) is 33.3 Å². The monoisotopic (exact) mass is 610 g/mol. The number of carbonyl (C=O) groups is 1. The Morgan fingerprint density at radius 2 is 1.62 bits per heavy atom. The molecule has 7 heteroatoms. The highest BCUT2D eigenvalue weighted by Gasteiger charge is 2.34. The second-order valence-corrected chi connectivity index (χ2v) is 12.9. The highest BCUT2D eigenvalue weighted by molar-refractivity contribution is 5.82. The molecule has 0 aliphatic carbocycles. The minimum Gasteiger partial charge on any atom is -0.494 e. The number of rotatable bonds is 12. The number of piperidine rings is 1. The molecule has 0 saturated carbocycles. The highest BCUT2D eigenvalue weighted by atomic mass is 16.8. The molecule has 238 valence electrons. The van der Waals surface area contributed by atoms with Crippen molar-refractivity contribution in [1.82, 2.24) is 9.96 Å². The van der Waals surface area contributed by atoms with Gasteiger partial charge in [0, 0.05) is 25.6 Å². The van der Waals surface area contributed by atoms with E-state index in [2.05, 4.69) is 78.7 Å². The van der Waals surface area contributed by atoms with Crippen molar-refractivity contribution in [3.63, 3.8) is 0 Å². The summed E-state index contributed by atoms with van der Waals surface area (Å²) in [6.07, 6.45) is 0.854. The lowest BCUT2D eigenvalue weighted by Gasteiger charge is -2.37. The van der Waals surface area contributed by atoms with Gasteiger partial charge in [-0.1, -0.05) is 78.9 Å². The molecule has 0 bridgehead atoms. The zero-order valence-electron chi connectivity index (χ0n) is 27.0. The first-order valence-corrected chi connectivity index (χ1v) is 15.9. The van der Waals surface area contributed by atoms with Crippen LogP contribution in [-0.2, 0) is 27.5 Å². The fourth-order valence-corrected chi connectivity index (χ4v) is 5.74. The first kappa shape index (κ1) is 32.5. The Morgan fingerprint density at radius 3 is 2.38 bits per heavy atom. The van der Waals surface area contributed by atoms with Gasteiger partial charge in [-0.15, -0.1) is 5.06 Å². The van der Waals surface area contributed by atoms with Crippen LogP contribution in [0.2, 0.25) is 0 Å². The second-order valence-electron chi connectivity index (χ2n) is 12.9. The van der Waals surface area contributed by atoms with E-state index in [1.165, 1.54) is 21.9 Å². The zero-order valence-corrected chi connectivity index (χ0v) is 27.0. The maximum absolute atomic E-state index is 12.4. The molecule has 0 radical (unpaired) electrons. The van der Waals surface area contributed by atoms with Crippen LogP contribution in [0.1, 0.15) is 56.2 Å². The normalized spacial score (nSPS) is 17.4. The molecule has 0 N–H and O–H groups in total. The number of nitrogens with zero attached hydrogens (tertiary/aromatic N) is 2. The molecule has 0 aromatic heterocycles. The molecule has 4 aromatic rings. The maximum Gasteiger partial charge on any atom is 0.528 e. The van der Waals surface area contributed by atoms with Crippen LogP contribution in [0.4, 0.5) is 4.79 Å². The summed E-state index contributed by atoms with van der Waals surface area (Å²) in [5, 5.41) is 4.06. The summed E-state index contributed by atoms with van der Waals surface area (Å²) in [7, 11) is 2.14. The van der Waals surface area contributed by atoms with Gasteiger partial charge in [-0.3, -0.25) is 0 Å². The molecular weight excluding hydrogens is 564 g/mol. The van der Waals surface area contributed by atoms with Crippen LogP contribution in [0.5, 0.6) is 5.75 Å². The lowest BCUT2D eigenvalue weighted by atomic mass is 9.87. The van der Waals surface area contributed by atoms with E-state index < -0.39 is 11.8 Å². The van der Waals surface area contributed by atoms with Gasteiger partial charge in [-0.2, -0.15) is 0 Å². The van der Waals surface area contributed by atoms with Crippen LogP contribution in [-0.4, -0.2) is 61.1 Å². The van der Waals surface area contributed by atoms with Gasteiger partial charge in [-0.05, 0) is 86.3 Å². The van der Waals surface area contributed by atoms with Gasteiger partial charge in [-0.25, -0.2) is 4.79 Å². The number of benzene rings is 4. The summed E-state index contributed by atoms with van der Waals surface area (Å²) in [6, 6.07) is 33.6. The van der Waals surface area contributed by atoms with Gasteiger partial charge in [0.05, 0.1) is 25.9 Å². The van der Waals surface area contributed by atoms with Crippen molar-refractivity contribution < 1.29 is 23.8 Å². The van der Waals surface area contributed by atoms with E-state index in [9.17, 15) is 4.79 Å². The van der Waals surface area contributed by atoms with Crippen LogP contribution in [0, 0.1) is 0 Å². The average Bonchev–Trinajstić information content (AvgIpc) is 3.02. The van der Waals surface area contributed by atoms with E-state index in [1.807, 2.05) is 51.1 Å². The molecule has 7 nitrogen and oxygen atoms in total. The zero-order chi connectivity index (χ0) is 31.6. The number of hydroxylamine groups is 2. The number of hydrogen-bond donors (Lipinski definition) is 0. The molecule has 0 spiro atoms. The molecule has 1 fully saturated rings. The molecule has 1 heterocycles. The van der Waals surface area contributed by atoms with E-state index in [0.29, 0.717) is 26.3 Å². The molecule has 1 aliphatic heterocycles. The third kappa shape index (κ3) is 10.0. The predicted octanol–water partition coefficient (Wildman–Crippen LogP) is 7.98. The van der Waals surface area contributed by atoms with Crippen LogP contribution < -0.4 is 4.74 Å². The fourth-order valence-electron chi connectivity index (χ4n) is 5.74. The molecule has 1 saturated heterocycles. The van der Waals surface area contributed by atoms with Gasteiger partial charge >= 0.3 is 6.16 Å². The molecular formula is C38H46N2O5. The third-order valence-electron chi connectivity index (χ3n) is 7.95. The first-order valence-electron chi connectivity index (χ1n) is 15.9. The third-order valence-corrected chi connectivity index (χ3v) is 7.95. The van der Waals surface area contributed by atoms with Gasteiger partial charge < -0.3 is 23.9 Å². The average molecular weight is 611 g/mol. The standard InChI is InChI=1S/C38H46N2O5/c1-38(2,3)44-37(41)45-40-23-21-35(36(27-40)43-28-30-15-16-31-13-8-9-14-33(31)25-30)32-17-19-34(20-18-32)42-24-10-22-39(4)26-29-11-6-5-7-12-29/h5-9,11-20,25,35-36H,10,21-24,26-28H2,1-4H3. The van der Waals surface area contributed by atoms with Gasteiger partial charge in [0.1, 0.15) is 11.4 Å². The molecule has 0 amide bonds. The second kappa shape index (κ2) is 15.4. The molecule has 45 heavy (non-hydrogen) atoms. The molecule has 2 unspecified atom stereocenters. The van der Waals surface area contributed by atoms with Gasteiger partial charge in [0.25, 0.3) is 0 Å². The van der Waals surface area contributed by atoms with Crippen LogP contribution in [0.15, 0.2) is 97.1 Å².